The number of ether oxygens (including phenoxy) is 1. The zero-order valence-electron chi connectivity index (χ0n) is 12.5. The molecule has 0 aliphatic heterocycles. The minimum Gasteiger partial charge on any atom is -0.458 e. The molecule has 0 aromatic heterocycles. The lowest BCUT2D eigenvalue weighted by molar-refractivity contribution is -0.145. The van der Waals surface area contributed by atoms with Crippen molar-refractivity contribution in [3.63, 3.8) is 0 Å². The van der Waals surface area contributed by atoms with Crippen molar-refractivity contribution in [1.29, 1.82) is 0 Å². The van der Waals surface area contributed by atoms with E-state index in [4.69, 9.17) is 4.74 Å². The van der Waals surface area contributed by atoms with Gasteiger partial charge in [-0.3, -0.25) is 4.79 Å². The average Bonchev–Trinajstić information content (AvgIpc) is 2.39. The standard InChI is InChI=1S/C18H24O2/c1-4-5-7-10-15(2)13-16(3)20-18(19)14-17-11-8-6-9-12-17/h4,6,8-9,11-13,16H,1,5,7,10,14H2,2-3H3/b15-13+. The van der Waals surface area contributed by atoms with E-state index in [2.05, 4.69) is 13.5 Å². The molecule has 1 unspecified atom stereocenters. The third-order valence-corrected chi connectivity index (χ3v) is 3.01. The van der Waals surface area contributed by atoms with Crippen LogP contribution < -0.4 is 0 Å². The number of hydrogen-bond acceptors (Lipinski definition) is 2. The molecule has 2 heteroatoms. The maximum atomic E-state index is 11.8. The number of allylic oxidation sites excluding steroid dienone is 2. The minimum absolute atomic E-state index is 0.171. The van der Waals surface area contributed by atoms with Crippen LogP contribution in [0.1, 0.15) is 38.7 Å². The molecule has 0 radical (unpaired) electrons. The van der Waals surface area contributed by atoms with E-state index < -0.39 is 0 Å². The molecule has 0 aliphatic carbocycles. The molecule has 0 saturated carbocycles. The van der Waals surface area contributed by atoms with Gasteiger partial charge in [0, 0.05) is 0 Å². The summed E-state index contributed by atoms with van der Waals surface area (Å²) in [5, 5.41) is 0. The first-order chi connectivity index (χ1) is 9.61. The molecular formula is C18H24O2. The number of carbonyl (C=O) groups excluding carboxylic acids is 1. The van der Waals surface area contributed by atoms with Crippen LogP contribution in [0.25, 0.3) is 0 Å². The summed E-state index contributed by atoms with van der Waals surface area (Å²) in [5.74, 6) is -0.182. The fourth-order valence-electron chi connectivity index (χ4n) is 2.05. The third kappa shape index (κ3) is 6.93. The van der Waals surface area contributed by atoms with Gasteiger partial charge in [0.1, 0.15) is 6.10 Å². The highest BCUT2D eigenvalue weighted by atomic mass is 16.5. The van der Waals surface area contributed by atoms with Crippen LogP contribution in [-0.4, -0.2) is 12.1 Å². The molecule has 0 bridgehead atoms. The number of benzene rings is 1. The summed E-state index contributed by atoms with van der Waals surface area (Å²) in [5.41, 5.74) is 2.24. The summed E-state index contributed by atoms with van der Waals surface area (Å²) in [6, 6.07) is 9.66. The molecule has 0 heterocycles. The third-order valence-electron chi connectivity index (χ3n) is 3.01. The van der Waals surface area contributed by atoms with Crippen LogP contribution >= 0.6 is 0 Å². The Balaban J connectivity index is 2.37. The van der Waals surface area contributed by atoms with Crippen LogP contribution in [0.2, 0.25) is 0 Å². The molecule has 0 aliphatic rings. The molecule has 1 aromatic carbocycles. The Kier molecular flexibility index (Phi) is 7.41. The van der Waals surface area contributed by atoms with E-state index in [0.29, 0.717) is 6.42 Å². The second kappa shape index (κ2) is 9.13. The maximum Gasteiger partial charge on any atom is 0.310 e. The maximum absolute atomic E-state index is 11.8. The zero-order valence-corrected chi connectivity index (χ0v) is 12.5. The van der Waals surface area contributed by atoms with Gasteiger partial charge >= 0.3 is 5.97 Å². The molecular weight excluding hydrogens is 248 g/mol. The van der Waals surface area contributed by atoms with Crippen molar-refractivity contribution >= 4 is 5.97 Å². The van der Waals surface area contributed by atoms with Gasteiger partial charge in [0.15, 0.2) is 0 Å². The van der Waals surface area contributed by atoms with Gasteiger partial charge in [-0.1, -0.05) is 42.0 Å². The molecule has 20 heavy (non-hydrogen) atoms. The fourth-order valence-corrected chi connectivity index (χ4v) is 2.05. The molecule has 0 amide bonds. The summed E-state index contributed by atoms with van der Waals surface area (Å²) >= 11 is 0. The number of rotatable bonds is 8. The van der Waals surface area contributed by atoms with Gasteiger partial charge in [-0.05, 0) is 44.7 Å². The normalized spacial score (nSPS) is 12.8. The smallest absolute Gasteiger partial charge is 0.310 e. The highest BCUT2D eigenvalue weighted by Gasteiger charge is 2.08. The lowest BCUT2D eigenvalue weighted by Gasteiger charge is -2.11. The molecule has 2 nitrogen and oxygen atoms in total. The second-order valence-corrected chi connectivity index (χ2v) is 5.05. The summed E-state index contributed by atoms with van der Waals surface area (Å²) in [7, 11) is 0. The Labute approximate surface area is 122 Å². The van der Waals surface area contributed by atoms with E-state index >= 15 is 0 Å². The summed E-state index contributed by atoms with van der Waals surface area (Å²) in [6.07, 6.45) is 7.24. The van der Waals surface area contributed by atoms with Gasteiger partial charge in [0.2, 0.25) is 0 Å². The Morgan fingerprint density at radius 1 is 1.35 bits per heavy atom. The van der Waals surface area contributed by atoms with Crippen LogP contribution in [0.15, 0.2) is 54.6 Å². The molecule has 0 N–H and O–H groups in total. The van der Waals surface area contributed by atoms with E-state index in [1.807, 2.05) is 49.4 Å². The van der Waals surface area contributed by atoms with Gasteiger partial charge in [-0.15, -0.1) is 6.58 Å². The first-order valence-electron chi connectivity index (χ1n) is 7.13. The van der Waals surface area contributed by atoms with E-state index in [0.717, 1.165) is 24.8 Å². The zero-order chi connectivity index (χ0) is 14.8. The monoisotopic (exact) mass is 272 g/mol. The molecule has 1 aromatic rings. The SMILES string of the molecule is C=CCCC/C(C)=C/C(C)OC(=O)Cc1ccccc1. The first kappa shape index (κ1) is 16.2. The summed E-state index contributed by atoms with van der Waals surface area (Å²) in [6.45, 7) is 7.69. The van der Waals surface area contributed by atoms with Crippen LogP contribution in [0, 0.1) is 0 Å². The Morgan fingerprint density at radius 2 is 2.05 bits per heavy atom. The van der Waals surface area contributed by atoms with Gasteiger partial charge in [0.25, 0.3) is 0 Å². The predicted molar refractivity (Wildman–Crippen MR) is 83.5 cm³/mol. The number of hydrogen-bond donors (Lipinski definition) is 0. The fraction of sp³-hybridized carbons (Fsp3) is 0.389. The summed E-state index contributed by atoms with van der Waals surface area (Å²) in [4.78, 5) is 11.8. The van der Waals surface area contributed by atoms with Crippen molar-refractivity contribution < 1.29 is 9.53 Å². The van der Waals surface area contributed by atoms with E-state index in [1.54, 1.807) is 0 Å². The molecule has 0 spiro atoms. The van der Waals surface area contributed by atoms with E-state index in [9.17, 15) is 4.79 Å². The average molecular weight is 272 g/mol. The van der Waals surface area contributed by atoms with Gasteiger partial charge in [-0.2, -0.15) is 0 Å². The first-order valence-corrected chi connectivity index (χ1v) is 7.13. The molecule has 1 atom stereocenters. The van der Waals surface area contributed by atoms with E-state index in [1.165, 1.54) is 5.57 Å². The summed E-state index contributed by atoms with van der Waals surface area (Å²) < 4.78 is 5.40. The molecule has 1 rings (SSSR count). The van der Waals surface area contributed by atoms with Crippen molar-refractivity contribution in [2.24, 2.45) is 0 Å². The lowest BCUT2D eigenvalue weighted by Crippen LogP contribution is -2.15. The molecule has 0 fully saturated rings. The van der Waals surface area contributed by atoms with Crippen LogP contribution in [0.5, 0.6) is 0 Å². The van der Waals surface area contributed by atoms with Crippen LogP contribution in [0.4, 0.5) is 0 Å². The Bertz CT molecular complexity index is 446. The van der Waals surface area contributed by atoms with Crippen LogP contribution in [0.3, 0.4) is 0 Å². The van der Waals surface area contributed by atoms with Crippen molar-refractivity contribution in [1.82, 2.24) is 0 Å². The predicted octanol–water partition coefficient (Wildman–Crippen LogP) is 4.46. The van der Waals surface area contributed by atoms with Crippen molar-refractivity contribution in [2.75, 3.05) is 0 Å². The minimum atomic E-state index is -0.182. The van der Waals surface area contributed by atoms with Crippen molar-refractivity contribution in [3.8, 4) is 0 Å². The largest absolute Gasteiger partial charge is 0.458 e. The lowest BCUT2D eigenvalue weighted by atomic mass is 10.1. The molecule has 108 valence electrons. The number of esters is 1. The van der Waals surface area contributed by atoms with Gasteiger partial charge in [0.05, 0.1) is 6.42 Å². The highest BCUT2D eigenvalue weighted by Crippen LogP contribution is 2.10. The van der Waals surface area contributed by atoms with Crippen molar-refractivity contribution in [3.05, 3.63) is 60.2 Å². The Morgan fingerprint density at radius 3 is 2.70 bits per heavy atom. The number of unbranched alkanes of at least 4 members (excludes halogenated alkanes) is 1. The van der Waals surface area contributed by atoms with Crippen molar-refractivity contribution in [2.45, 2.75) is 45.6 Å². The van der Waals surface area contributed by atoms with E-state index in [-0.39, 0.29) is 12.1 Å². The Hall–Kier alpha value is -1.83. The second-order valence-electron chi connectivity index (χ2n) is 5.05. The highest BCUT2D eigenvalue weighted by molar-refractivity contribution is 5.72. The van der Waals surface area contributed by atoms with Crippen LogP contribution in [-0.2, 0) is 16.0 Å². The topological polar surface area (TPSA) is 26.3 Å². The molecule has 0 saturated heterocycles. The van der Waals surface area contributed by atoms with Gasteiger partial charge in [-0.25, -0.2) is 0 Å². The number of carbonyl (C=O) groups is 1. The van der Waals surface area contributed by atoms with Gasteiger partial charge < -0.3 is 4.74 Å². The quantitative estimate of drug-likeness (QED) is 0.396.